The Morgan fingerprint density at radius 3 is 2.43 bits per heavy atom. The molecule has 0 aliphatic carbocycles. The molecule has 156 valence electrons. The van der Waals surface area contributed by atoms with Crippen molar-refractivity contribution >= 4 is 6.09 Å². The average Bonchev–Trinajstić information content (AvgIpc) is 2.65. The number of hydrogen-bond acceptors (Lipinski definition) is 5. The predicted octanol–water partition coefficient (Wildman–Crippen LogP) is 4.17. The fourth-order valence-corrected chi connectivity index (χ4v) is 2.52. The zero-order valence-electron chi connectivity index (χ0n) is 17.4. The first-order chi connectivity index (χ1) is 13.3. The number of methoxy groups -OCH3 is 1. The molecule has 0 saturated carbocycles. The summed E-state index contributed by atoms with van der Waals surface area (Å²) in [6.45, 7) is 14.1. The van der Waals surface area contributed by atoms with Gasteiger partial charge in [0.25, 0.3) is 0 Å². The molecule has 0 heterocycles. The van der Waals surface area contributed by atoms with Crippen LogP contribution in [0.15, 0.2) is 55.6 Å². The summed E-state index contributed by atoms with van der Waals surface area (Å²) in [6, 6.07) is 9.37. The van der Waals surface area contributed by atoms with Crippen molar-refractivity contribution in [3.05, 3.63) is 61.2 Å². The maximum Gasteiger partial charge on any atom is 0.411 e. The summed E-state index contributed by atoms with van der Waals surface area (Å²) in [7, 11) is 1.54. The number of carbonyl (C=O) groups excluding carboxylic acids is 1. The highest BCUT2D eigenvalue weighted by atomic mass is 16.7. The highest BCUT2D eigenvalue weighted by molar-refractivity contribution is 5.69. The van der Waals surface area contributed by atoms with Gasteiger partial charge in [0.05, 0.1) is 19.3 Å². The summed E-state index contributed by atoms with van der Waals surface area (Å²) in [4.78, 5) is 14.3. The fourth-order valence-electron chi connectivity index (χ4n) is 2.52. The van der Waals surface area contributed by atoms with Crippen LogP contribution in [0.4, 0.5) is 4.79 Å². The Hall–Kier alpha value is -2.15. The minimum atomic E-state index is -0.622. The highest BCUT2D eigenvalue weighted by Crippen LogP contribution is 2.17. The summed E-state index contributed by atoms with van der Waals surface area (Å²) in [5.74, 6) is 0. The maximum absolute atomic E-state index is 12.8. The van der Waals surface area contributed by atoms with Crippen LogP contribution in [0.3, 0.4) is 0 Å². The van der Waals surface area contributed by atoms with Crippen molar-refractivity contribution in [2.24, 2.45) is 0 Å². The Labute approximate surface area is 168 Å². The van der Waals surface area contributed by atoms with Crippen molar-refractivity contribution < 1.29 is 23.7 Å². The van der Waals surface area contributed by atoms with Crippen LogP contribution in [0.25, 0.3) is 0 Å². The zero-order valence-corrected chi connectivity index (χ0v) is 17.4. The molecule has 0 unspecified atom stereocenters. The number of rotatable bonds is 12. The Morgan fingerprint density at radius 1 is 1.21 bits per heavy atom. The third-order valence-electron chi connectivity index (χ3n) is 3.74. The van der Waals surface area contributed by atoms with Gasteiger partial charge in [-0.2, -0.15) is 0 Å². The number of carbonyl (C=O) groups is 1. The van der Waals surface area contributed by atoms with Crippen molar-refractivity contribution in [1.29, 1.82) is 0 Å². The van der Waals surface area contributed by atoms with Crippen molar-refractivity contribution in [2.45, 2.75) is 45.1 Å². The van der Waals surface area contributed by atoms with E-state index < -0.39 is 23.8 Å². The molecule has 0 N–H and O–H groups in total. The van der Waals surface area contributed by atoms with Gasteiger partial charge >= 0.3 is 6.09 Å². The third kappa shape index (κ3) is 8.69. The predicted molar refractivity (Wildman–Crippen MR) is 110 cm³/mol. The summed E-state index contributed by atoms with van der Waals surface area (Å²) < 4.78 is 22.2. The van der Waals surface area contributed by atoms with E-state index in [1.807, 2.05) is 51.1 Å². The van der Waals surface area contributed by atoms with Crippen LogP contribution in [-0.4, -0.2) is 55.8 Å². The van der Waals surface area contributed by atoms with Crippen molar-refractivity contribution in [3.8, 4) is 0 Å². The van der Waals surface area contributed by atoms with E-state index >= 15 is 0 Å². The summed E-state index contributed by atoms with van der Waals surface area (Å²) in [5, 5.41) is 0. The molecule has 0 aromatic heterocycles. The lowest BCUT2D eigenvalue weighted by atomic mass is 10.1. The maximum atomic E-state index is 12.8. The topological polar surface area (TPSA) is 57.2 Å². The van der Waals surface area contributed by atoms with E-state index in [9.17, 15) is 4.79 Å². The van der Waals surface area contributed by atoms with E-state index in [1.165, 1.54) is 7.11 Å². The monoisotopic (exact) mass is 391 g/mol. The first kappa shape index (κ1) is 23.9. The molecule has 0 saturated heterocycles. The van der Waals surface area contributed by atoms with Gasteiger partial charge in [-0.15, -0.1) is 13.2 Å². The molecule has 1 rings (SSSR count). The molecule has 28 heavy (non-hydrogen) atoms. The largest absolute Gasteiger partial charge is 0.444 e. The van der Waals surface area contributed by atoms with Gasteiger partial charge in [0.2, 0.25) is 0 Å². The van der Waals surface area contributed by atoms with Crippen LogP contribution in [0.2, 0.25) is 0 Å². The molecule has 0 radical (unpaired) electrons. The summed E-state index contributed by atoms with van der Waals surface area (Å²) in [6.07, 6.45) is 2.32. The van der Waals surface area contributed by atoms with Gasteiger partial charge in [0, 0.05) is 13.7 Å². The number of hydrogen-bond donors (Lipinski definition) is 0. The SMILES string of the molecule is C=CCN(C(=O)OC(C)(C)C)[C@H](COCc1ccccc1)[C@@H](C=C)OCOC. The molecule has 0 fully saturated rings. The Bertz CT molecular complexity index is 597. The molecule has 6 nitrogen and oxygen atoms in total. The van der Waals surface area contributed by atoms with E-state index in [0.717, 1.165) is 5.56 Å². The number of ether oxygens (including phenoxy) is 4. The van der Waals surface area contributed by atoms with Crippen LogP contribution in [0.5, 0.6) is 0 Å². The van der Waals surface area contributed by atoms with Gasteiger partial charge in [0.1, 0.15) is 18.5 Å². The first-order valence-electron chi connectivity index (χ1n) is 9.27. The van der Waals surface area contributed by atoms with E-state index in [0.29, 0.717) is 6.61 Å². The van der Waals surface area contributed by atoms with Gasteiger partial charge in [-0.05, 0) is 26.3 Å². The van der Waals surface area contributed by atoms with Crippen LogP contribution in [0.1, 0.15) is 26.3 Å². The Kier molecular flexibility index (Phi) is 10.5. The number of nitrogens with zero attached hydrogens (tertiary/aromatic N) is 1. The van der Waals surface area contributed by atoms with Crippen LogP contribution in [-0.2, 0) is 25.6 Å². The summed E-state index contributed by atoms with van der Waals surface area (Å²) in [5.41, 5.74) is 0.421. The second-order valence-electron chi connectivity index (χ2n) is 7.26. The third-order valence-corrected chi connectivity index (χ3v) is 3.74. The van der Waals surface area contributed by atoms with Crippen molar-refractivity contribution in [2.75, 3.05) is 27.1 Å². The van der Waals surface area contributed by atoms with E-state index in [-0.39, 0.29) is 19.9 Å². The normalized spacial score (nSPS) is 13.4. The van der Waals surface area contributed by atoms with E-state index in [4.69, 9.17) is 18.9 Å². The van der Waals surface area contributed by atoms with Crippen LogP contribution >= 0.6 is 0 Å². The molecule has 1 aromatic carbocycles. The fraction of sp³-hybridized carbons (Fsp3) is 0.500. The van der Waals surface area contributed by atoms with Crippen molar-refractivity contribution in [1.82, 2.24) is 4.90 Å². The van der Waals surface area contributed by atoms with E-state index in [1.54, 1.807) is 17.1 Å². The van der Waals surface area contributed by atoms with E-state index in [2.05, 4.69) is 13.2 Å². The molecular weight excluding hydrogens is 358 g/mol. The quantitative estimate of drug-likeness (QED) is 0.395. The molecule has 0 aliphatic rings. The first-order valence-corrected chi connectivity index (χ1v) is 9.27. The average molecular weight is 392 g/mol. The Morgan fingerprint density at radius 2 is 1.89 bits per heavy atom. The Balaban J connectivity index is 2.97. The molecule has 2 atom stereocenters. The van der Waals surface area contributed by atoms with Gasteiger partial charge in [-0.3, -0.25) is 4.90 Å². The highest BCUT2D eigenvalue weighted by Gasteiger charge is 2.32. The van der Waals surface area contributed by atoms with Gasteiger partial charge < -0.3 is 18.9 Å². The van der Waals surface area contributed by atoms with Crippen molar-refractivity contribution in [3.63, 3.8) is 0 Å². The number of amides is 1. The molecule has 0 aliphatic heterocycles. The number of benzene rings is 1. The summed E-state index contributed by atoms with van der Waals surface area (Å²) >= 11 is 0. The van der Waals surface area contributed by atoms with Gasteiger partial charge in [-0.25, -0.2) is 4.79 Å². The van der Waals surface area contributed by atoms with Gasteiger partial charge in [0.15, 0.2) is 0 Å². The second-order valence-corrected chi connectivity index (χ2v) is 7.26. The minimum Gasteiger partial charge on any atom is -0.444 e. The molecule has 1 aromatic rings. The lowest BCUT2D eigenvalue weighted by molar-refractivity contribution is -0.0947. The lowest BCUT2D eigenvalue weighted by Gasteiger charge is -2.36. The second kappa shape index (κ2) is 12.3. The lowest BCUT2D eigenvalue weighted by Crippen LogP contribution is -2.51. The molecular formula is C22H33NO5. The molecule has 1 amide bonds. The molecule has 6 heteroatoms. The van der Waals surface area contributed by atoms with Gasteiger partial charge in [-0.1, -0.05) is 42.5 Å². The standard InChI is InChI=1S/C22H33NO5/c1-7-14-23(21(24)28-22(3,4)5)19(20(8-2)27-17-25-6)16-26-15-18-12-10-9-11-13-18/h7-13,19-20H,1-2,14-17H2,3-6H3/t19-,20-/m1/s1. The van der Waals surface area contributed by atoms with Crippen LogP contribution in [0, 0.1) is 0 Å². The van der Waals surface area contributed by atoms with Crippen LogP contribution < -0.4 is 0 Å². The minimum absolute atomic E-state index is 0.0715. The smallest absolute Gasteiger partial charge is 0.411 e. The molecule has 0 spiro atoms. The zero-order chi connectivity index (χ0) is 21.0. The molecule has 0 bridgehead atoms.